The summed E-state index contributed by atoms with van der Waals surface area (Å²) >= 11 is 0. The van der Waals surface area contributed by atoms with Gasteiger partial charge in [-0.25, -0.2) is 0 Å². The number of nitrogens with one attached hydrogen (secondary N) is 2. The molecule has 1 atom stereocenters. The fourth-order valence-corrected chi connectivity index (χ4v) is 1.85. The van der Waals surface area contributed by atoms with Crippen LogP contribution in [0, 0.1) is 0 Å². The lowest BCUT2D eigenvalue weighted by Crippen LogP contribution is -2.59. The third-order valence-corrected chi connectivity index (χ3v) is 2.78. The van der Waals surface area contributed by atoms with Gasteiger partial charge in [0.05, 0.1) is 13.0 Å². The number of amides is 2. The van der Waals surface area contributed by atoms with Crippen LogP contribution in [0.15, 0.2) is 0 Å². The van der Waals surface area contributed by atoms with Crippen LogP contribution in [0.5, 0.6) is 0 Å². The van der Waals surface area contributed by atoms with Crippen molar-refractivity contribution in [2.75, 3.05) is 39.9 Å². The number of hydrogen-bond acceptors (Lipinski definition) is 4. The Morgan fingerprint density at radius 3 is 2.94 bits per heavy atom. The lowest BCUT2D eigenvalue weighted by atomic mass is 10.1. The second-order valence-corrected chi connectivity index (χ2v) is 3.87. The largest absolute Gasteiger partial charge is 0.381 e. The summed E-state index contributed by atoms with van der Waals surface area (Å²) in [6, 6.07) is -0.400. The normalized spacial score (nSPS) is 20.1. The fraction of sp³-hybridized carbons (Fsp3) is 0.818. The molecule has 0 aliphatic carbocycles. The number of hydrogen-bond donors (Lipinski definition) is 2. The number of nitrogens with zero attached hydrogens (tertiary/aromatic N) is 1. The van der Waals surface area contributed by atoms with Crippen LogP contribution in [0.2, 0.25) is 0 Å². The molecule has 1 rings (SSSR count). The van der Waals surface area contributed by atoms with E-state index in [1.165, 1.54) is 0 Å². The molecule has 0 aromatic carbocycles. The summed E-state index contributed by atoms with van der Waals surface area (Å²) < 4.78 is 5.15. The second kappa shape index (κ2) is 7.24. The number of carbonyl (C=O) groups excluding carboxylic acids is 2. The Morgan fingerprint density at radius 1 is 1.53 bits per heavy atom. The molecule has 0 spiro atoms. The highest BCUT2D eigenvalue weighted by Gasteiger charge is 2.30. The highest BCUT2D eigenvalue weighted by atomic mass is 16.5. The molecule has 1 heterocycles. The van der Waals surface area contributed by atoms with Gasteiger partial charge < -0.3 is 20.3 Å². The van der Waals surface area contributed by atoms with E-state index in [2.05, 4.69) is 10.6 Å². The molecule has 2 N–H and O–H groups in total. The van der Waals surface area contributed by atoms with Gasteiger partial charge >= 0.3 is 0 Å². The number of rotatable bonds is 5. The van der Waals surface area contributed by atoms with Crippen molar-refractivity contribution in [2.45, 2.75) is 19.4 Å². The summed E-state index contributed by atoms with van der Waals surface area (Å²) in [5.41, 5.74) is 0. The minimum absolute atomic E-state index is 0.0199. The molecular weight excluding hydrogens is 222 g/mol. The Labute approximate surface area is 102 Å². The summed E-state index contributed by atoms with van der Waals surface area (Å²) in [5, 5.41) is 5.70. The van der Waals surface area contributed by atoms with Crippen LogP contribution in [0.25, 0.3) is 0 Å². The first-order valence-electron chi connectivity index (χ1n) is 6.00. The van der Waals surface area contributed by atoms with Crippen molar-refractivity contribution in [1.82, 2.24) is 15.5 Å². The van der Waals surface area contributed by atoms with E-state index in [4.69, 9.17) is 4.74 Å². The summed E-state index contributed by atoms with van der Waals surface area (Å²) in [7, 11) is 1.58. The van der Waals surface area contributed by atoms with Crippen LogP contribution in [-0.4, -0.2) is 62.7 Å². The number of piperazine rings is 1. The zero-order chi connectivity index (χ0) is 12.7. The summed E-state index contributed by atoms with van der Waals surface area (Å²) in [6.45, 7) is 4.73. The van der Waals surface area contributed by atoms with Gasteiger partial charge in [-0.3, -0.25) is 9.59 Å². The molecule has 98 valence electrons. The van der Waals surface area contributed by atoms with Gasteiger partial charge in [0.1, 0.15) is 6.04 Å². The average Bonchev–Trinajstić information content (AvgIpc) is 2.38. The minimum Gasteiger partial charge on any atom is -0.381 e. The van der Waals surface area contributed by atoms with E-state index in [-0.39, 0.29) is 11.8 Å². The van der Waals surface area contributed by atoms with E-state index < -0.39 is 6.04 Å². The highest BCUT2D eigenvalue weighted by molar-refractivity contribution is 5.88. The molecule has 0 aromatic rings. The average molecular weight is 243 g/mol. The first-order chi connectivity index (χ1) is 8.20. The van der Waals surface area contributed by atoms with Gasteiger partial charge in [-0.15, -0.1) is 0 Å². The molecule has 1 aliphatic rings. The maximum Gasteiger partial charge on any atom is 0.243 e. The Kier molecular flexibility index (Phi) is 5.93. The van der Waals surface area contributed by atoms with Crippen molar-refractivity contribution in [3.8, 4) is 0 Å². The first-order valence-corrected chi connectivity index (χ1v) is 6.00. The highest BCUT2D eigenvalue weighted by Crippen LogP contribution is 2.06. The van der Waals surface area contributed by atoms with E-state index in [9.17, 15) is 9.59 Å². The van der Waals surface area contributed by atoms with E-state index >= 15 is 0 Å². The molecule has 6 heteroatoms. The molecule has 0 aromatic heterocycles. The molecule has 1 saturated heterocycles. The standard InChI is InChI=1S/C11H21N3O3/c1-3-17-7-4-10(15)14-6-5-13-8-9(14)11(16)12-2/h9,13H,3-8H2,1-2H3,(H,12,16). The van der Waals surface area contributed by atoms with Crippen molar-refractivity contribution in [2.24, 2.45) is 0 Å². The van der Waals surface area contributed by atoms with Crippen molar-refractivity contribution in [3.63, 3.8) is 0 Å². The van der Waals surface area contributed by atoms with Gasteiger partial charge in [-0.1, -0.05) is 0 Å². The molecule has 0 saturated carbocycles. The molecule has 1 aliphatic heterocycles. The molecular formula is C11H21N3O3. The third kappa shape index (κ3) is 3.98. The van der Waals surface area contributed by atoms with Gasteiger partial charge in [0.25, 0.3) is 0 Å². The first kappa shape index (κ1) is 13.9. The van der Waals surface area contributed by atoms with Crippen LogP contribution < -0.4 is 10.6 Å². The van der Waals surface area contributed by atoms with Crippen LogP contribution >= 0.6 is 0 Å². The molecule has 1 fully saturated rings. The minimum atomic E-state index is -0.400. The smallest absolute Gasteiger partial charge is 0.243 e. The predicted molar refractivity (Wildman–Crippen MR) is 63.5 cm³/mol. The molecule has 6 nitrogen and oxygen atoms in total. The Bertz CT molecular complexity index is 271. The van der Waals surface area contributed by atoms with Crippen molar-refractivity contribution < 1.29 is 14.3 Å². The van der Waals surface area contributed by atoms with Gasteiger partial charge in [-0.2, -0.15) is 0 Å². The molecule has 0 bridgehead atoms. The van der Waals surface area contributed by atoms with Gasteiger partial charge in [0, 0.05) is 33.3 Å². The maximum absolute atomic E-state index is 11.9. The van der Waals surface area contributed by atoms with Gasteiger partial charge in [-0.05, 0) is 6.92 Å². The monoisotopic (exact) mass is 243 g/mol. The van der Waals surface area contributed by atoms with Crippen LogP contribution in [0.4, 0.5) is 0 Å². The molecule has 2 amide bonds. The summed E-state index contributed by atoms with van der Waals surface area (Å²) in [5.74, 6) is -0.143. The van der Waals surface area contributed by atoms with Crippen molar-refractivity contribution in [1.29, 1.82) is 0 Å². The number of likely N-dealkylation sites (N-methyl/N-ethyl adjacent to an activating group) is 1. The number of carbonyl (C=O) groups is 2. The summed E-state index contributed by atoms with van der Waals surface area (Å²) in [4.78, 5) is 25.2. The van der Waals surface area contributed by atoms with Crippen molar-refractivity contribution >= 4 is 11.8 Å². The zero-order valence-corrected chi connectivity index (χ0v) is 10.5. The Hall–Kier alpha value is -1.14. The molecule has 1 unspecified atom stereocenters. The van der Waals surface area contributed by atoms with E-state index in [1.807, 2.05) is 6.92 Å². The SMILES string of the molecule is CCOCCC(=O)N1CCNCC1C(=O)NC. The Balaban J connectivity index is 2.52. The van der Waals surface area contributed by atoms with Crippen LogP contribution in [0.3, 0.4) is 0 Å². The van der Waals surface area contributed by atoms with Crippen LogP contribution in [-0.2, 0) is 14.3 Å². The Morgan fingerprint density at radius 2 is 2.29 bits per heavy atom. The fourth-order valence-electron chi connectivity index (χ4n) is 1.85. The van der Waals surface area contributed by atoms with Gasteiger partial charge in [0.2, 0.25) is 11.8 Å². The summed E-state index contributed by atoms with van der Waals surface area (Å²) in [6.07, 6.45) is 0.335. The van der Waals surface area contributed by atoms with Gasteiger partial charge in [0.15, 0.2) is 0 Å². The topological polar surface area (TPSA) is 70.7 Å². The van der Waals surface area contributed by atoms with Crippen molar-refractivity contribution in [3.05, 3.63) is 0 Å². The third-order valence-electron chi connectivity index (χ3n) is 2.78. The van der Waals surface area contributed by atoms with E-state index in [0.29, 0.717) is 32.7 Å². The zero-order valence-electron chi connectivity index (χ0n) is 10.5. The predicted octanol–water partition coefficient (Wildman–Crippen LogP) is -1.04. The number of ether oxygens (including phenoxy) is 1. The van der Waals surface area contributed by atoms with E-state index in [0.717, 1.165) is 6.54 Å². The molecule has 17 heavy (non-hydrogen) atoms. The van der Waals surface area contributed by atoms with Crippen LogP contribution in [0.1, 0.15) is 13.3 Å². The second-order valence-electron chi connectivity index (χ2n) is 3.87. The quantitative estimate of drug-likeness (QED) is 0.605. The lowest BCUT2D eigenvalue weighted by molar-refractivity contribution is -0.142. The van der Waals surface area contributed by atoms with E-state index in [1.54, 1.807) is 11.9 Å². The lowest BCUT2D eigenvalue weighted by Gasteiger charge is -2.35. The maximum atomic E-state index is 11.9. The molecule has 0 radical (unpaired) electrons.